The maximum absolute atomic E-state index is 10.6. The summed E-state index contributed by atoms with van der Waals surface area (Å²) in [6, 6.07) is 0. The normalized spacial score (nSPS) is 8.65. The zero-order valence-electron chi connectivity index (χ0n) is 10.3. The van der Waals surface area contributed by atoms with E-state index in [2.05, 4.69) is 4.74 Å². The van der Waals surface area contributed by atoms with Crippen molar-refractivity contribution in [2.75, 3.05) is 6.61 Å². The van der Waals surface area contributed by atoms with Crippen molar-refractivity contribution >= 4 is 23.5 Å². The van der Waals surface area contributed by atoms with Crippen molar-refractivity contribution in [1.29, 1.82) is 0 Å². The molecule has 0 aliphatic carbocycles. The minimum Gasteiger partial charge on any atom is -0.481 e. The third-order valence-corrected chi connectivity index (χ3v) is 1.26. The Labute approximate surface area is 99.9 Å². The quantitative estimate of drug-likeness (QED) is 0.554. The van der Waals surface area contributed by atoms with Gasteiger partial charge in [0.05, 0.1) is 6.61 Å². The molecule has 98 valence electrons. The molecule has 6 nitrogen and oxygen atoms in total. The Kier molecular flexibility index (Phi) is 11.2. The highest BCUT2D eigenvalue weighted by atomic mass is 16.5. The van der Waals surface area contributed by atoms with E-state index in [1.165, 1.54) is 13.8 Å². The second-order valence-electron chi connectivity index (χ2n) is 3.37. The Morgan fingerprint density at radius 1 is 1.00 bits per heavy atom. The van der Waals surface area contributed by atoms with Gasteiger partial charge < -0.3 is 9.84 Å². The van der Waals surface area contributed by atoms with Crippen LogP contribution in [0.3, 0.4) is 0 Å². The van der Waals surface area contributed by atoms with Crippen LogP contribution in [0.1, 0.15) is 40.0 Å². The topological polar surface area (TPSA) is 97.7 Å². The summed E-state index contributed by atoms with van der Waals surface area (Å²) in [4.78, 5) is 40.3. The Morgan fingerprint density at radius 2 is 1.47 bits per heavy atom. The van der Waals surface area contributed by atoms with Gasteiger partial charge >= 0.3 is 11.9 Å². The third kappa shape index (κ3) is 20.4. The number of ketones is 2. The average Bonchev–Trinajstić information content (AvgIpc) is 2.12. The fourth-order valence-electron chi connectivity index (χ4n) is 0.683. The van der Waals surface area contributed by atoms with Crippen LogP contribution in [0.4, 0.5) is 0 Å². The van der Waals surface area contributed by atoms with Crippen LogP contribution in [0.2, 0.25) is 0 Å². The predicted molar refractivity (Wildman–Crippen MR) is 59.5 cm³/mol. The van der Waals surface area contributed by atoms with Crippen LogP contribution in [-0.2, 0) is 23.9 Å². The van der Waals surface area contributed by atoms with Gasteiger partial charge in [0.2, 0.25) is 0 Å². The molecular weight excluding hydrogens is 228 g/mol. The summed E-state index contributed by atoms with van der Waals surface area (Å²) < 4.78 is 4.64. The van der Waals surface area contributed by atoms with Crippen molar-refractivity contribution in [3.05, 3.63) is 0 Å². The molecule has 0 unspecified atom stereocenters. The van der Waals surface area contributed by atoms with E-state index >= 15 is 0 Å². The first-order valence-electron chi connectivity index (χ1n) is 5.15. The van der Waals surface area contributed by atoms with Gasteiger partial charge in [-0.2, -0.15) is 0 Å². The van der Waals surface area contributed by atoms with Crippen LogP contribution < -0.4 is 0 Å². The molecule has 0 spiro atoms. The Morgan fingerprint density at radius 3 is 1.71 bits per heavy atom. The molecule has 0 atom stereocenters. The maximum atomic E-state index is 10.6. The van der Waals surface area contributed by atoms with Crippen LogP contribution in [-0.4, -0.2) is 35.2 Å². The molecule has 0 amide bonds. The molecule has 0 radical (unpaired) electrons. The van der Waals surface area contributed by atoms with E-state index in [0.717, 1.165) is 6.42 Å². The largest absolute Gasteiger partial charge is 0.481 e. The van der Waals surface area contributed by atoms with Gasteiger partial charge in [-0.25, -0.2) is 0 Å². The summed E-state index contributed by atoms with van der Waals surface area (Å²) in [5.41, 5.74) is 0. The highest BCUT2D eigenvalue weighted by Gasteiger charge is 2.04. The number of hydrogen-bond acceptors (Lipinski definition) is 5. The van der Waals surface area contributed by atoms with Crippen molar-refractivity contribution in [2.24, 2.45) is 0 Å². The second kappa shape index (κ2) is 10.8. The SMILES string of the molecule is CC(=O)CC(=O)O.CCCOC(=O)CC(C)=O. The highest BCUT2D eigenvalue weighted by molar-refractivity contribution is 5.94. The first-order valence-corrected chi connectivity index (χ1v) is 5.15. The number of carboxylic acid groups (broad SMARTS) is 1. The minimum absolute atomic E-state index is 0.0972. The fourth-order valence-corrected chi connectivity index (χ4v) is 0.683. The van der Waals surface area contributed by atoms with Crippen LogP contribution in [0, 0.1) is 0 Å². The number of ether oxygens (including phenoxy) is 1. The lowest BCUT2D eigenvalue weighted by Crippen LogP contribution is -2.09. The lowest BCUT2D eigenvalue weighted by Gasteiger charge is -1.98. The first-order chi connectivity index (χ1) is 7.79. The fraction of sp³-hybridized carbons (Fsp3) is 0.636. The Balaban J connectivity index is 0. The summed E-state index contributed by atoms with van der Waals surface area (Å²) in [7, 11) is 0. The molecule has 17 heavy (non-hydrogen) atoms. The monoisotopic (exact) mass is 246 g/mol. The molecule has 0 aromatic heterocycles. The number of hydrogen-bond donors (Lipinski definition) is 1. The van der Waals surface area contributed by atoms with Gasteiger partial charge in [-0.1, -0.05) is 6.92 Å². The number of esters is 1. The number of aliphatic carboxylic acids is 1. The number of Topliss-reactive ketones (excluding diaryl/α,β-unsaturated/α-hetero) is 2. The molecule has 0 fully saturated rings. The van der Waals surface area contributed by atoms with Crippen molar-refractivity contribution in [1.82, 2.24) is 0 Å². The molecule has 0 aliphatic heterocycles. The smallest absolute Gasteiger partial charge is 0.313 e. The number of carbonyl (C=O) groups is 4. The minimum atomic E-state index is -1.06. The molecule has 6 heteroatoms. The van der Waals surface area contributed by atoms with E-state index in [0.29, 0.717) is 6.61 Å². The van der Waals surface area contributed by atoms with Gasteiger partial charge in [0.15, 0.2) is 0 Å². The zero-order valence-corrected chi connectivity index (χ0v) is 10.3. The molecule has 0 saturated heterocycles. The van der Waals surface area contributed by atoms with E-state index in [1.807, 2.05) is 6.92 Å². The van der Waals surface area contributed by atoms with Crippen molar-refractivity contribution in [3.63, 3.8) is 0 Å². The van der Waals surface area contributed by atoms with Crippen LogP contribution in [0.5, 0.6) is 0 Å². The summed E-state index contributed by atoms with van der Waals surface area (Å²) >= 11 is 0. The van der Waals surface area contributed by atoms with Crippen LogP contribution in [0.15, 0.2) is 0 Å². The Bertz CT molecular complexity index is 270. The van der Waals surface area contributed by atoms with Gasteiger partial charge in [-0.3, -0.25) is 19.2 Å². The lowest BCUT2D eigenvalue weighted by molar-refractivity contribution is -0.146. The van der Waals surface area contributed by atoms with Gasteiger partial charge in [0, 0.05) is 0 Å². The third-order valence-electron chi connectivity index (χ3n) is 1.26. The number of carboxylic acids is 1. The standard InChI is InChI=1S/C7H12O3.C4H6O3/c1-3-4-10-7(9)5-6(2)8;1-3(5)2-4(6)7/h3-5H2,1-2H3;2H2,1H3,(H,6,7). The molecule has 0 saturated carbocycles. The van der Waals surface area contributed by atoms with Crippen molar-refractivity contribution < 1.29 is 29.0 Å². The van der Waals surface area contributed by atoms with E-state index < -0.39 is 11.9 Å². The number of carbonyl (C=O) groups excluding carboxylic acids is 3. The molecular formula is C11H18O6. The first kappa shape index (κ1) is 17.7. The van der Waals surface area contributed by atoms with Gasteiger partial charge in [-0.15, -0.1) is 0 Å². The lowest BCUT2D eigenvalue weighted by atomic mass is 10.3. The molecule has 0 aromatic rings. The molecule has 1 N–H and O–H groups in total. The molecule has 0 bridgehead atoms. The van der Waals surface area contributed by atoms with Gasteiger partial charge in [0.25, 0.3) is 0 Å². The summed E-state index contributed by atoms with van der Waals surface area (Å²) in [6.07, 6.45) is 0.337. The summed E-state index contributed by atoms with van der Waals surface area (Å²) in [5.74, 6) is -1.95. The zero-order chi connectivity index (χ0) is 13.8. The van der Waals surface area contributed by atoms with Crippen molar-refractivity contribution in [3.8, 4) is 0 Å². The molecule has 0 rings (SSSR count). The van der Waals surface area contributed by atoms with E-state index in [9.17, 15) is 19.2 Å². The summed E-state index contributed by atoms with van der Waals surface area (Å²) in [5, 5.41) is 7.86. The van der Waals surface area contributed by atoms with Gasteiger partial charge in [0.1, 0.15) is 24.4 Å². The van der Waals surface area contributed by atoms with Crippen LogP contribution >= 0.6 is 0 Å². The molecule has 0 heterocycles. The van der Waals surface area contributed by atoms with E-state index in [4.69, 9.17) is 5.11 Å². The van der Waals surface area contributed by atoms with E-state index in [-0.39, 0.29) is 24.4 Å². The number of rotatable bonds is 6. The second-order valence-corrected chi connectivity index (χ2v) is 3.37. The average molecular weight is 246 g/mol. The predicted octanol–water partition coefficient (Wildman–Crippen LogP) is 0.969. The van der Waals surface area contributed by atoms with Crippen LogP contribution in [0.25, 0.3) is 0 Å². The Hall–Kier alpha value is -1.72. The van der Waals surface area contributed by atoms with E-state index in [1.54, 1.807) is 0 Å². The molecule has 0 aromatic carbocycles. The highest BCUT2D eigenvalue weighted by Crippen LogP contribution is 1.88. The van der Waals surface area contributed by atoms with Crippen molar-refractivity contribution in [2.45, 2.75) is 40.0 Å². The van der Waals surface area contributed by atoms with Gasteiger partial charge in [-0.05, 0) is 20.3 Å². The maximum Gasteiger partial charge on any atom is 0.313 e. The molecule has 0 aliphatic rings. The summed E-state index contributed by atoms with van der Waals surface area (Å²) in [6.45, 7) is 4.93.